The largest absolute Gasteiger partial charge is 0.346 e. The van der Waals surface area contributed by atoms with Crippen LogP contribution in [-0.2, 0) is 25.6 Å². The number of urea groups is 1. The van der Waals surface area contributed by atoms with Gasteiger partial charge in [-0.15, -0.1) is 6.58 Å². The second-order valence-electron chi connectivity index (χ2n) is 15.6. The van der Waals surface area contributed by atoms with Gasteiger partial charge in [-0.3, -0.25) is 19.2 Å². The van der Waals surface area contributed by atoms with Gasteiger partial charge < -0.3 is 26.2 Å². The number of benzene rings is 1. The highest BCUT2D eigenvalue weighted by atomic mass is 16.2. The normalized spacial score (nSPS) is 22.0. The number of ketones is 1. The van der Waals surface area contributed by atoms with Crippen LogP contribution in [0.1, 0.15) is 80.7 Å². The van der Waals surface area contributed by atoms with Crippen LogP contribution in [-0.4, -0.2) is 71.7 Å². The molecule has 6 atom stereocenters. The molecular formula is C36H55N5O5. The van der Waals surface area contributed by atoms with E-state index in [2.05, 4.69) is 62.5 Å². The van der Waals surface area contributed by atoms with Crippen molar-refractivity contribution in [2.75, 3.05) is 13.1 Å². The maximum absolute atomic E-state index is 14.3. The summed E-state index contributed by atoms with van der Waals surface area (Å²) in [7, 11) is 0. The maximum Gasteiger partial charge on any atom is 0.315 e. The van der Waals surface area contributed by atoms with Gasteiger partial charge in [-0.2, -0.15) is 0 Å². The van der Waals surface area contributed by atoms with Crippen LogP contribution in [0.15, 0.2) is 43.0 Å². The van der Waals surface area contributed by atoms with Crippen molar-refractivity contribution in [1.82, 2.24) is 26.2 Å². The van der Waals surface area contributed by atoms with Crippen molar-refractivity contribution >= 4 is 29.5 Å². The Labute approximate surface area is 274 Å². The number of Topliss-reactive ketones (excluding diaryl/α,β-unsaturated/α-hetero) is 1. The number of amides is 5. The lowest BCUT2D eigenvalue weighted by Gasteiger charge is -2.38. The minimum Gasteiger partial charge on any atom is -0.346 e. The molecule has 3 rings (SSSR count). The van der Waals surface area contributed by atoms with Crippen molar-refractivity contribution in [3.8, 4) is 0 Å². The van der Waals surface area contributed by atoms with Crippen molar-refractivity contribution in [1.29, 1.82) is 0 Å². The third-order valence-corrected chi connectivity index (χ3v) is 9.62. The van der Waals surface area contributed by atoms with Crippen molar-refractivity contribution < 1.29 is 24.0 Å². The van der Waals surface area contributed by atoms with Gasteiger partial charge in [0.05, 0.1) is 6.04 Å². The molecule has 254 valence electrons. The highest BCUT2D eigenvalue weighted by Gasteiger charge is 2.70. The Morgan fingerprint density at radius 2 is 1.61 bits per heavy atom. The molecule has 1 saturated carbocycles. The van der Waals surface area contributed by atoms with E-state index < -0.39 is 47.2 Å². The number of nitrogens with zero attached hydrogens (tertiary/aromatic N) is 1. The summed E-state index contributed by atoms with van der Waals surface area (Å²) in [6.45, 7) is 21.9. The lowest BCUT2D eigenvalue weighted by molar-refractivity contribution is -0.145. The Hall–Kier alpha value is -3.69. The number of rotatable bonds is 13. The molecule has 46 heavy (non-hydrogen) atoms. The standard InChI is InChI=1S/C36H55N5O5/c1-11-16-24(28(42)31(44)37-19-12-2)38-30(43)27-26-23(36(26,9)10)21-41(27)32(45)29(35(6,7)8)40-33(46)39-25(34(3,4)5)20-22-17-14-13-15-18-22/h12-15,17-18,23-27,29H,2,11,16,19-21H2,1,3-10H3,(H,37,44)(H,38,43)(H2,39,40,46)/t23-,24?,25+,26-,27-,29+/m0/s1. The number of piperidine rings is 1. The molecule has 1 heterocycles. The Morgan fingerprint density at radius 3 is 2.15 bits per heavy atom. The lowest BCUT2D eigenvalue weighted by atomic mass is 9.83. The summed E-state index contributed by atoms with van der Waals surface area (Å²) in [5.74, 6) is -2.31. The van der Waals surface area contributed by atoms with E-state index in [1.165, 1.54) is 6.08 Å². The molecule has 1 aromatic carbocycles. The van der Waals surface area contributed by atoms with Gasteiger partial charge >= 0.3 is 6.03 Å². The molecular weight excluding hydrogens is 582 g/mol. The summed E-state index contributed by atoms with van der Waals surface area (Å²) < 4.78 is 0. The fourth-order valence-corrected chi connectivity index (χ4v) is 6.61. The summed E-state index contributed by atoms with van der Waals surface area (Å²) in [6.07, 6.45) is 2.96. The molecule has 10 heteroatoms. The molecule has 0 aromatic heterocycles. The van der Waals surface area contributed by atoms with Crippen molar-refractivity contribution in [2.24, 2.45) is 28.1 Å². The van der Waals surface area contributed by atoms with Crippen LogP contribution < -0.4 is 21.3 Å². The molecule has 4 N–H and O–H groups in total. The maximum atomic E-state index is 14.3. The van der Waals surface area contributed by atoms with E-state index in [-0.39, 0.29) is 47.6 Å². The Morgan fingerprint density at radius 1 is 0.978 bits per heavy atom. The zero-order valence-electron chi connectivity index (χ0n) is 29.2. The first-order chi connectivity index (χ1) is 21.3. The molecule has 0 spiro atoms. The van der Waals surface area contributed by atoms with Crippen LogP contribution in [0.5, 0.6) is 0 Å². The van der Waals surface area contributed by atoms with Crippen LogP contribution in [0.2, 0.25) is 0 Å². The van der Waals surface area contributed by atoms with Crippen molar-refractivity contribution in [2.45, 2.75) is 106 Å². The SMILES string of the molecule is C=CCNC(=O)C(=O)C(CCC)NC(=O)[C@@H]1[C@@H]2[C@H](CN1C(=O)[C@@H](NC(=O)N[C@H](Cc1ccccc1)C(C)(C)C)C(C)(C)C)C2(C)C. The highest BCUT2D eigenvalue weighted by Crippen LogP contribution is 2.65. The summed E-state index contributed by atoms with van der Waals surface area (Å²) in [6, 6.07) is 6.52. The van der Waals surface area contributed by atoms with Gasteiger partial charge in [-0.05, 0) is 46.5 Å². The second-order valence-corrected chi connectivity index (χ2v) is 15.6. The Kier molecular flexibility index (Phi) is 11.5. The van der Waals surface area contributed by atoms with Crippen molar-refractivity contribution in [3.05, 3.63) is 48.6 Å². The van der Waals surface area contributed by atoms with E-state index >= 15 is 0 Å². The first-order valence-electron chi connectivity index (χ1n) is 16.5. The van der Waals surface area contributed by atoms with Crippen LogP contribution in [0.25, 0.3) is 0 Å². The smallest absolute Gasteiger partial charge is 0.315 e. The third-order valence-electron chi connectivity index (χ3n) is 9.62. The summed E-state index contributed by atoms with van der Waals surface area (Å²) in [4.78, 5) is 68.8. The van der Waals surface area contributed by atoms with Gasteiger partial charge in [0.1, 0.15) is 12.1 Å². The van der Waals surface area contributed by atoms with Gasteiger partial charge in [-0.25, -0.2) is 4.79 Å². The number of nitrogens with one attached hydrogen (secondary N) is 4. The fraction of sp³-hybridized carbons (Fsp3) is 0.639. The number of hydrogen-bond acceptors (Lipinski definition) is 5. The summed E-state index contributed by atoms with van der Waals surface area (Å²) >= 11 is 0. The van der Waals surface area contributed by atoms with Crippen LogP contribution in [0.3, 0.4) is 0 Å². The highest BCUT2D eigenvalue weighted by molar-refractivity contribution is 6.38. The van der Waals surface area contributed by atoms with E-state index in [1.807, 2.05) is 58.0 Å². The van der Waals surface area contributed by atoms with Gasteiger partial charge in [0.25, 0.3) is 5.91 Å². The molecule has 1 aromatic rings. The zero-order valence-corrected chi connectivity index (χ0v) is 29.2. The van der Waals surface area contributed by atoms with E-state index in [9.17, 15) is 24.0 Å². The Balaban J connectivity index is 1.82. The van der Waals surface area contributed by atoms with E-state index in [4.69, 9.17) is 0 Å². The lowest BCUT2D eigenvalue weighted by Crippen LogP contribution is -2.62. The third kappa shape index (κ3) is 8.56. The number of fused-ring (bicyclic) bond motifs is 1. The van der Waals surface area contributed by atoms with Crippen LogP contribution >= 0.6 is 0 Å². The average Bonchev–Trinajstić information content (AvgIpc) is 3.28. The second kappa shape index (κ2) is 14.4. The van der Waals surface area contributed by atoms with E-state index in [0.29, 0.717) is 19.4 Å². The van der Waals surface area contributed by atoms with Crippen LogP contribution in [0.4, 0.5) is 4.79 Å². The van der Waals surface area contributed by atoms with E-state index in [0.717, 1.165) is 5.56 Å². The first-order valence-corrected chi connectivity index (χ1v) is 16.5. The van der Waals surface area contributed by atoms with Crippen molar-refractivity contribution in [3.63, 3.8) is 0 Å². The molecule has 0 bridgehead atoms. The van der Waals surface area contributed by atoms with E-state index in [1.54, 1.807) is 4.90 Å². The number of likely N-dealkylation sites (tertiary alicyclic amines) is 1. The average molecular weight is 638 g/mol. The van der Waals surface area contributed by atoms with Gasteiger partial charge in [0.2, 0.25) is 17.6 Å². The molecule has 1 aliphatic carbocycles. The fourth-order valence-electron chi connectivity index (χ4n) is 6.61. The quantitative estimate of drug-likeness (QED) is 0.192. The molecule has 1 unspecified atom stereocenters. The Bertz CT molecular complexity index is 1300. The molecule has 5 amide bonds. The first kappa shape index (κ1) is 36.8. The minimum atomic E-state index is -1.01. The topological polar surface area (TPSA) is 137 Å². The molecule has 1 aliphatic heterocycles. The van der Waals surface area contributed by atoms with Crippen LogP contribution in [0, 0.1) is 28.1 Å². The number of carbonyl (C=O) groups is 5. The summed E-state index contributed by atoms with van der Waals surface area (Å²) in [5.41, 5.74) is 0.00773. The number of hydrogen-bond donors (Lipinski definition) is 4. The predicted octanol–water partition coefficient (Wildman–Crippen LogP) is 4.00. The van der Waals surface area contributed by atoms with Gasteiger partial charge in [-0.1, -0.05) is 105 Å². The molecule has 1 saturated heterocycles. The predicted molar refractivity (Wildman–Crippen MR) is 180 cm³/mol. The summed E-state index contributed by atoms with van der Waals surface area (Å²) in [5, 5.41) is 11.4. The molecule has 10 nitrogen and oxygen atoms in total. The molecule has 2 aliphatic rings. The monoisotopic (exact) mass is 637 g/mol. The van der Waals surface area contributed by atoms with Gasteiger partial charge in [0, 0.05) is 19.1 Å². The molecule has 2 fully saturated rings. The number of carbonyl (C=O) groups excluding carboxylic acids is 5. The van der Waals surface area contributed by atoms with Gasteiger partial charge in [0.15, 0.2) is 0 Å². The molecule has 0 radical (unpaired) electrons. The zero-order chi connectivity index (χ0) is 34.6. The minimum absolute atomic E-state index is 0.103.